The Kier molecular flexibility index (Phi) is 4.27. The van der Waals surface area contributed by atoms with E-state index in [1.807, 2.05) is 30.0 Å². The Bertz CT molecular complexity index is 521. The van der Waals surface area contributed by atoms with Crippen molar-refractivity contribution in [3.8, 4) is 0 Å². The molecule has 1 aliphatic rings. The summed E-state index contributed by atoms with van der Waals surface area (Å²) in [5.41, 5.74) is 7.20. The smallest absolute Gasteiger partial charge is 0.240 e. The number of rotatable bonds is 2. The van der Waals surface area contributed by atoms with E-state index in [-0.39, 0.29) is 11.9 Å². The van der Waals surface area contributed by atoms with E-state index in [0.717, 1.165) is 30.6 Å². The molecular weight excluding hydrogens is 282 g/mol. The van der Waals surface area contributed by atoms with E-state index in [2.05, 4.69) is 5.32 Å². The standard InChI is InChI=1S/C13H16ClN3OS/c1-8-4-5-9(7-10(8)14)16-13(19)17-6-2-3-11(17)12(15)18/h4-5,7,11H,2-3,6H2,1H3,(H2,15,18)(H,16,19)/t11-/m0/s1. The van der Waals surface area contributed by atoms with Gasteiger partial charge in [-0.15, -0.1) is 0 Å². The first-order valence-electron chi connectivity index (χ1n) is 6.12. The first-order chi connectivity index (χ1) is 8.99. The second-order valence-electron chi connectivity index (χ2n) is 4.65. The molecule has 1 saturated heterocycles. The lowest BCUT2D eigenvalue weighted by molar-refractivity contribution is -0.121. The minimum absolute atomic E-state index is 0.305. The van der Waals surface area contributed by atoms with Crippen LogP contribution in [0.5, 0.6) is 0 Å². The van der Waals surface area contributed by atoms with Crippen molar-refractivity contribution in [3.05, 3.63) is 28.8 Å². The number of carbonyl (C=O) groups is 1. The van der Waals surface area contributed by atoms with Crippen LogP contribution in [0.2, 0.25) is 5.02 Å². The number of thiocarbonyl (C=S) groups is 1. The Morgan fingerprint density at radius 1 is 1.58 bits per heavy atom. The van der Waals surface area contributed by atoms with Gasteiger partial charge < -0.3 is 16.0 Å². The molecule has 1 fully saturated rings. The Labute approximate surface area is 122 Å². The van der Waals surface area contributed by atoms with E-state index in [1.165, 1.54) is 0 Å². The van der Waals surface area contributed by atoms with Gasteiger partial charge in [-0.25, -0.2) is 0 Å². The zero-order chi connectivity index (χ0) is 14.0. The van der Waals surface area contributed by atoms with Gasteiger partial charge in [-0.3, -0.25) is 4.79 Å². The number of benzene rings is 1. The van der Waals surface area contributed by atoms with E-state index in [9.17, 15) is 4.79 Å². The van der Waals surface area contributed by atoms with Crippen molar-refractivity contribution < 1.29 is 4.79 Å². The highest BCUT2D eigenvalue weighted by Crippen LogP contribution is 2.22. The van der Waals surface area contributed by atoms with E-state index in [0.29, 0.717) is 10.1 Å². The predicted molar refractivity (Wildman–Crippen MR) is 81.3 cm³/mol. The molecule has 0 bridgehead atoms. The van der Waals surface area contributed by atoms with E-state index < -0.39 is 0 Å². The molecule has 1 heterocycles. The summed E-state index contributed by atoms with van der Waals surface area (Å²) in [5, 5.41) is 4.30. The van der Waals surface area contributed by atoms with Crippen molar-refractivity contribution in [3.63, 3.8) is 0 Å². The summed E-state index contributed by atoms with van der Waals surface area (Å²) >= 11 is 11.4. The SMILES string of the molecule is Cc1ccc(NC(=S)N2CCC[C@H]2C(N)=O)cc1Cl. The molecule has 1 amide bonds. The third-order valence-corrected chi connectivity index (χ3v) is 4.01. The minimum Gasteiger partial charge on any atom is -0.368 e. The van der Waals surface area contributed by atoms with Gasteiger partial charge >= 0.3 is 0 Å². The quantitative estimate of drug-likeness (QED) is 0.823. The lowest BCUT2D eigenvalue weighted by Crippen LogP contribution is -2.45. The molecule has 0 aromatic heterocycles. The van der Waals surface area contributed by atoms with Gasteiger partial charge in [-0.05, 0) is 49.7 Å². The first kappa shape index (κ1) is 14.1. The van der Waals surface area contributed by atoms with Crippen LogP contribution >= 0.6 is 23.8 Å². The van der Waals surface area contributed by atoms with Gasteiger partial charge in [0.2, 0.25) is 5.91 Å². The zero-order valence-electron chi connectivity index (χ0n) is 10.6. The van der Waals surface area contributed by atoms with Crippen molar-refractivity contribution in [2.45, 2.75) is 25.8 Å². The second kappa shape index (κ2) is 5.75. The molecule has 1 aromatic carbocycles. The van der Waals surface area contributed by atoms with Crippen LogP contribution in [0.3, 0.4) is 0 Å². The molecular formula is C13H16ClN3OS. The molecule has 1 atom stereocenters. The highest BCUT2D eigenvalue weighted by atomic mass is 35.5. The summed E-state index contributed by atoms with van der Waals surface area (Å²) in [4.78, 5) is 13.2. The number of carbonyl (C=O) groups excluding carboxylic acids is 1. The average Bonchev–Trinajstić information content (AvgIpc) is 2.83. The summed E-state index contributed by atoms with van der Waals surface area (Å²) in [5.74, 6) is -0.330. The second-order valence-corrected chi connectivity index (χ2v) is 5.44. The monoisotopic (exact) mass is 297 g/mol. The fourth-order valence-corrected chi connectivity index (χ4v) is 2.69. The van der Waals surface area contributed by atoms with Crippen LogP contribution in [-0.2, 0) is 4.79 Å². The van der Waals surface area contributed by atoms with Crippen LogP contribution in [0.25, 0.3) is 0 Å². The molecule has 0 unspecified atom stereocenters. The molecule has 1 aromatic rings. The number of hydrogen-bond donors (Lipinski definition) is 2. The molecule has 6 heteroatoms. The van der Waals surface area contributed by atoms with Gasteiger partial charge in [-0.1, -0.05) is 17.7 Å². The Morgan fingerprint density at radius 2 is 2.32 bits per heavy atom. The van der Waals surface area contributed by atoms with Crippen LogP contribution in [-0.4, -0.2) is 28.5 Å². The van der Waals surface area contributed by atoms with Crippen molar-refractivity contribution in [2.75, 3.05) is 11.9 Å². The number of nitrogens with one attached hydrogen (secondary N) is 1. The molecule has 0 radical (unpaired) electrons. The van der Waals surface area contributed by atoms with Crippen LogP contribution in [0.1, 0.15) is 18.4 Å². The molecule has 4 nitrogen and oxygen atoms in total. The fraction of sp³-hybridized carbons (Fsp3) is 0.385. The summed E-state index contributed by atoms with van der Waals surface area (Å²) < 4.78 is 0. The van der Waals surface area contributed by atoms with Gasteiger partial charge in [0, 0.05) is 17.3 Å². The predicted octanol–water partition coefficient (Wildman–Crippen LogP) is 2.29. The summed E-state index contributed by atoms with van der Waals surface area (Å²) in [6, 6.07) is 5.34. The van der Waals surface area contributed by atoms with E-state index >= 15 is 0 Å². The van der Waals surface area contributed by atoms with Crippen molar-refractivity contribution in [2.24, 2.45) is 5.73 Å². The number of amides is 1. The lowest BCUT2D eigenvalue weighted by Gasteiger charge is -2.25. The number of anilines is 1. The van der Waals surface area contributed by atoms with Crippen LogP contribution < -0.4 is 11.1 Å². The highest BCUT2D eigenvalue weighted by Gasteiger charge is 2.30. The molecule has 0 spiro atoms. The summed E-state index contributed by atoms with van der Waals surface area (Å²) in [6.07, 6.45) is 1.68. The minimum atomic E-state index is -0.330. The number of primary amides is 1. The number of nitrogens with zero attached hydrogens (tertiary/aromatic N) is 1. The normalized spacial score (nSPS) is 18.4. The number of likely N-dealkylation sites (tertiary alicyclic amines) is 1. The maximum atomic E-state index is 11.3. The molecule has 2 rings (SSSR count). The van der Waals surface area contributed by atoms with Crippen molar-refractivity contribution in [1.29, 1.82) is 0 Å². The third-order valence-electron chi connectivity index (χ3n) is 3.27. The van der Waals surface area contributed by atoms with Gasteiger partial charge in [0.25, 0.3) is 0 Å². The van der Waals surface area contributed by atoms with E-state index in [1.54, 1.807) is 0 Å². The molecule has 102 valence electrons. The maximum Gasteiger partial charge on any atom is 0.240 e. The zero-order valence-corrected chi connectivity index (χ0v) is 12.2. The number of aryl methyl sites for hydroxylation is 1. The van der Waals surface area contributed by atoms with Crippen LogP contribution in [0, 0.1) is 6.92 Å². The topological polar surface area (TPSA) is 58.4 Å². The molecule has 1 aliphatic heterocycles. The maximum absolute atomic E-state index is 11.3. The highest BCUT2D eigenvalue weighted by molar-refractivity contribution is 7.80. The largest absolute Gasteiger partial charge is 0.368 e. The van der Waals surface area contributed by atoms with Gasteiger partial charge in [0.05, 0.1) is 0 Å². The van der Waals surface area contributed by atoms with Gasteiger partial charge in [-0.2, -0.15) is 0 Å². The van der Waals surface area contributed by atoms with Crippen LogP contribution in [0.15, 0.2) is 18.2 Å². The Morgan fingerprint density at radius 3 is 2.95 bits per heavy atom. The lowest BCUT2D eigenvalue weighted by atomic mass is 10.2. The molecule has 3 N–H and O–H groups in total. The van der Waals surface area contributed by atoms with Crippen LogP contribution in [0.4, 0.5) is 5.69 Å². The summed E-state index contributed by atoms with van der Waals surface area (Å²) in [7, 11) is 0. The number of nitrogens with two attached hydrogens (primary N) is 1. The summed E-state index contributed by atoms with van der Waals surface area (Å²) in [6.45, 7) is 2.69. The van der Waals surface area contributed by atoms with Crippen molar-refractivity contribution >= 4 is 40.5 Å². The first-order valence-corrected chi connectivity index (χ1v) is 6.91. The van der Waals surface area contributed by atoms with Gasteiger partial charge in [0.1, 0.15) is 6.04 Å². The molecule has 19 heavy (non-hydrogen) atoms. The molecule has 0 aliphatic carbocycles. The van der Waals surface area contributed by atoms with Gasteiger partial charge in [0.15, 0.2) is 5.11 Å². The third kappa shape index (κ3) is 3.16. The van der Waals surface area contributed by atoms with Crippen molar-refractivity contribution in [1.82, 2.24) is 4.90 Å². The molecule has 0 saturated carbocycles. The van der Waals surface area contributed by atoms with E-state index in [4.69, 9.17) is 29.6 Å². The number of hydrogen-bond acceptors (Lipinski definition) is 2. The average molecular weight is 298 g/mol. The Balaban J connectivity index is 2.08. The fourth-order valence-electron chi connectivity index (χ4n) is 2.17. The Hall–Kier alpha value is -1.33. The number of halogens is 1.